The second kappa shape index (κ2) is 8.79. The zero-order valence-corrected chi connectivity index (χ0v) is 17.5. The number of likely N-dealkylation sites (tertiary alicyclic amines) is 1. The number of Topliss-reactive ketones (excluding diaryl/α,β-unsaturated/α-hetero) is 1. The number of nitrogens with one attached hydrogen (secondary N) is 1. The number of aromatic hydroxyl groups is 1. The van der Waals surface area contributed by atoms with E-state index in [1.165, 1.54) is 30.6 Å². The summed E-state index contributed by atoms with van der Waals surface area (Å²) in [5, 5.41) is 10.5. The molecule has 1 fully saturated rings. The summed E-state index contributed by atoms with van der Waals surface area (Å²) in [7, 11) is 3.17. The van der Waals surface area contributed by atoms with Gasteiger partial charge in [-0.3, -0.25) is 4.79 Å². The van der Waals surface area contributed by atoms with E-state index < -0.39 is 0 Å². The topological polar surface area (TPSA) is 69.4 Å². The maximum absolute atomic E-state index is 13.0. The van der Waals surface area contributed by atoms with Crippen molar-refractivity contribution >= 4 is 11.9 Å². The summed E-state index contributed by atoms with van der Waals surface area (Å²) in [6, 6.07) is 8.62. The number of ether oxygens (including phenoxy) is 3. The Morgan fingerprint density at radius 1 is 1.07 bits per heavy atom. The van der Waals surface area contributed by atoms with Crippen LogP contribution in [0.1, 0.15) is 47.2 Å². The Hall–Kier alpha value is -2.99. The van der Waals surface area contributed by atoms with Crippen molar-refractivity contribution in [1.82, 2.24) is 0 Å². The number of hydrogen-bond acceptors (Lipinski definition) is 5. The molecule has 2 heterocycles. The third-order valence-corrected chi connectivity index (χ3v) is 5.88. The summed E-state index contributed by atoms with van der Waals surface area (Å²) in [6.45, 7) is 2.79. The van der Waals surface area contributed by atoms with E-state index in [0.29, 0.717) is 40.5 Å². The summed E-state index contributed by atoms with van der Waals surface area (Å²) < 4.78 is 16.7. The van der Waals surface area contributed by atoms with Gasteiger partial charge in [-0.25, -0.2) is 0 Å². The first-order chi connectivity index (χ1) is 14.6. The number of hydrogen-bond donors (Lipinski definition) is 2. The Morgan fingerprint density at radius 2 is 1.83 bits per heavy atom. The van der Waals surface area contributed by atoms with Crippen LogP contribution in [0.4, 0.5) is 0 Å². The lowest BCUT2D eigenvalue weighted by Crippen LogP contribution is -3.10. The molecule has 0 atom stereocenters. The molecular weight excluding hydrogens is 382 g/mol. The van der Waals surface area contributed by atoms with Gasteiger partial charge in [-0.2, -0.15) is 0 Å². The molecule has 158 valence electrons. The average Bonchev–Trinajstić information content (AvgIpc) is 2.92. The highest BCUT2D eigenvalue weighted by molar-refractivity contribution is 6.15. The fourth-order valence-corrected chi connectivity index (χ4v) is 4.22. The van der Waals surface area contributed by atoms with Crippen LogP contribution < -0.4 is 19.1 Å². The molecule has 0 aliphatic carbocycles. The maximum atomic E-state index is 13.0. The fraction of sp³-hybridized carbons (Fsp3) is 0.375. The van der Waals surface area contributed by atoms with Gasteiger partial charge in [0.2, 0.25) is 5.78 Å². The molecule has 0 radical (unpaired) electrons. The molecule has 6 heteroatoms. The number of fused-ring (bicyclic) bond motifs is 1. The quantitative estimate of drug-likeness (QED) is 0.742. The molecule has 0 bridgehead atoms. The second-order valence-electron chi connectivity index (χ2n) is 7.83. The van der Waals surface area contributed by atoms with Crippen LogP contribution in [-0.4, -0.2) is 38.2 Å². The SMILES string of the molecule is COc1ccc(OC)c(/C=C2\Oc3c(ccc(O)c3C[NH+]3CCCCCC3)C2=O)c1. The van der Waals surface area contributed by atoms with E-state index in [1.54, 1.807) is 50.6 Å². The Bertz CT molecular complexity index is 974. The minimum absolute atomic E-state index is 0.179. The van der Waals surface area contributed by atoms with Gasteiger partial charge in [0.25, 0.3) is 0 Å². The summed E-state index contributed by atoms with van der Waals surface area (Å²) in [5.74, 6) is 1.96. The molecule has 2 aliphatic heterocycles. The van der Waals surface area contributed by atoms with Crippen molar-refractivity contribution in [2.45, 2.75) is 32.2 Å². The zero-order chi connectivity index (χ0) is 21.1. The predicted molar refractivity (Wildman–Crippen MR) is 113 cm³/mol. The zero-order valence-electron chi connectivity index (χ0n) is 17.5. The van der Waals surface area contributed by atoms with Gasteiger partial charge in [-0.15, -0.1) is 0 Å². The van der Waals surface area contributed by atoms with Crippen LogP contribution in [0.3, 0.4) is 0 Å². The van der Waals surface area contributed by atoms with Crippen molar-refractivity contribution in [2.75, 3.05) is 27.3 Å². The summed E-state index contributed by atoms with van der Waals surface area (Å²) in [6.07, 6.45) is 6.56. The number of phenolic OH excluding ortho intramolecular Hbond substituents is 1. The molecule has 0 aromatic heterocycles. The number of quaternary nitrogens is 1. The number of allylic oxidation sites excluding steroid dienone is 1. The van der Waals surface area contributed by atoms with Crippen molar-refractivity contribution in [1.29, 1.82) is 0 Å². The first-order valence-electron chi connectivity index (χ1n) is 10.5. The second-order valence-corrected chi connectivity index (χ2v) is 7.83. The molecule has 1 saturated heterocycles. The molecule has 2 aliphatic rings. The van der Waals surface area contributed by atoms with Crippen LogP contribution in [0.2, 0.25) is 0 Å². The summed E-state index contributed by atoms with van der Waals surface area (Å²) in [4.78, 5) is 14.4. The van der Waals surface area contributed by atoms with E-state index in [0.717, 1.165) is 13.1 Å². The smallest absolute Gasteiger partial charge is 0.231 e. The maximum Gasteiger partial charge on any atom is 0.231 e. The minimum atomic E-state index is -0.193. The molecule has 0 unspecified atom stereocenters. The van der Waals surface area contributed by atoms with E-state index >= 15 is 0 Å². The third-order valence-electron chi connectivity index (χ3n) is 5.88. The van der Waals surface area contributed by atoms with Gasteiger partial charge in [-0.05, 0) is 62.1 Å². The van der Waals surface area contributed by atoms with E-state index in [-0.39, 0.29) is 17.3 Å². The van der Waals surface area contributed by atoms with Crippen LogP contribution in [0.15, 0.2) is 36.1 Å². The molecule has 6 nitrogen and oxygen atoms in total. The van der Waals surface area contributed by atoms with Crippen LogP contribution >= 0.6 is 0 Å². The number of methoxy groups -OCH3 is 2. The van der Waals surface area contributed by atoms with Crippen molar-refractivity contribution in [2.24, 2.45) is 0 Å². The number of carbonyl (C=O) groups excluding carboxylic acids is 1. The van der Waals surface area contributed by atoms with E-state index in [2.05, 4.69) is 0 Å². The highest BCUT2D eigenvalue weighted by Gasteiger charge is 2.33. The van der Waals surface area contributed by atoms with E-state index in [4.69, 9.17) is 14.2 Å². The monoisotopic (exact) mass is 410 g/mol. The van der Waals surface area contributed by atoms with Gasteiger partial charge < -0.3 is 24.2 Å². The van der Waals surface area contributed by atoms with Crippen molar-refractivity contribution < 1.29 is 29.0 Å². The summed E-state index contributed by atoms with van der Waals surface area (Å²) in [5.41, 5.74) is 1.89. The normalized spacial score (nSPS) is 18.1. The van der Waals surface area contributed by atoms with Gasteiger partial charge in [0.05, 0.1) is 38.4 Å². The Labute approximate surface area is 176 Å². The number of benzene rings is 2. The first-order valence-corrected chi connectivity index (χ1v) is 10.5. The Morgan fingerprint density at radius 3 is 2.53 bits per heavy atom. The van der Waals surface area contributed by atoms with E-state index in [1.807, 2.05) is 0 Å². The fourth-order valence-electron chi connectivity index (χ4n) is 4.22. The van der Waals surface area contributed by atoms with Gasteiger partial charge in [0.1, 0.15) is 23.8 Å². The van der Waals surface area contributed by atoms with Crippen LogP contribution in [0, 0.1) is 0 Å². The molecule has 0 amide bonds. The van der Waals surface area contributed by atoms with Crippen molar-refractivity contribution in [3.05, 3.63) is 52.8 Å². The number of rotatable bonds is 5. The molecule has 0 saturated carbocycles. The van der Waals surface area contributed by atoms with Crippen LogP contribution in [0.25, 0.3) is 6.08 Å². The largest absolute Gasteiger partial charge is 0.507 e. The summed E-state index contributed by atoms with van der Waals surface area (Å²) >= 11 is 0. The van der Waals surface area contributed by atoms with E-state index in [9.17, 15) is 9.90 Å². The number of ketones is 1. The molecule has 0 spiro atoms. The van der Waals surface area contributed by atoms with Crippen LogP contribution in [-0.2, 0) is 6.54 Å². The Balaban J connectivity index is 1.67. The molecule has 2 N–H and O–H groups in total. The number of phenols is 1. The highest BCUT2D eigenvalue weighted by Crippen LogP contribution is 2.40. The standard InChI is InChI=1S/C24H27NO5/c1-28-17-7-10-21(29-2)16(13-17)14-22-23(27)18-8-9-20(26)19(24(18)30-22)15-25-11-5-3-4-6-12-25/h7-10,13-14,26H,3-6,11-12,15H2,1-2H3/p+1/b22-14-. The average molecular weight is 410 g/mol. The predicted octanol–water partition coefficient (Wildman–Crippen LogP) is 2.98. The van der Waals surface area contributed by atoms with Crippen molar-refractivity contribution in [3.63, 3.8) is 0 Å². The van der Waals surface area contributed by atoms with Crippen LogP contribution in [0.5, 0.6) is 23.0 Å². The minimum Gasteiger partial charge on any atom is -0.507 e. The molecule has 4 rings (SSSR count). The number of carbonyl (C=O) groups is 1. The molecule has 30 heavy (non-hydrogen) atoms. The lowest BCUT2D eigenvalue weighted by Gasteiger charge is -2.19. The van der Waals surface area contributed by atoms with Gasteiger partial charge in [-0.1, -0.05) is 0 Å². The van der Waals surface area contributed by atoms with Crippen molar-refractivity contribution in [3.8, 4) is 23.0 Å². The first kappa shape index (κ1) is 20.3. The molecule has 2 aromatic rings. The van der Waals surface area contributed by atoms with Gasteiger partial charge >= 0.3 is 0 Å². The molecule has 2 aromatic carbocycles. The van der Waals surface area contributed by atoms with Gasteiger partial charge in [0.15, 0.2) is 11.5 Å². The Kier molecular flexibility index (Phi) is 5.95. The third kappa shape index (κ3) is 4.00. The molecular formula is C24H28NO5+. The lowest BCUT2D eigenvalue weighted by atomic mass is 10.0. The van der Waals surface area contributed by atoms with Gasteiger partial charge in [0, 0.05) is 5.56 Å². The highest BCUT2D eigenvalue weighted by atomic mass is 16.5. The lowest BCUT2D eigenvalue weighted by molar-refractivity contribution is -0.913.